The summed E-state index contributed by atoms with van der Waals surface area (Å²) < 4.78 is 0. The Balaban J connectivity index is 2.02. The number of hydrogen-bond acceptors (Lipinski definition) is 1. The van der Waals surface area contributed by atoms with Crippen LogP contribution in [0.25, 0.3) is 0 Å². The van der Waals surface area contributed by atoms with E-state index in [0.29, 0.717) is 0 Å². The van der Waals surface area contributed by atoms with E-state index in [2.05, 4.69) is 11.8 Å². The van der Waals surface area contributed by atoms with Crippen LogP contribution in [0.15, 0.2) is 0 Å². The van der Waals surface area contributed by atoms with Crippen LogP contribution in [0.1, 0.15) is 39.0 Å². The van der Waals surface area contributed by atoms with E-state index in [-0.39, 0.29) is 0 Å². The molecule has 0 spiro atoms. The van der Waals surface area contributed by atoms with Gasteiger partial charge in [0.2, 0.25) is 0 Å². The van der Waals surface area contributed by atoms with E-state index in [1.807, 2.05) is 0 Å². The summed E-state index contributed by atoms with van der Waals surface area (Å²) in [7, 11) is 0. The Morgan fingerprint density at radius 2 is 1.80 bits per heavy atom. The average Bonchev–Trinajstić information content (AvgIpc) is 2.03. The van der Waals surface area contributed by atoms with Gasteiger partial charge in [-0.1, -0.05) is 13.3 Å². The van der Waals surface area contributed by atoms with Crippen molar-refractivity contribution in [3.63, 3.8) is 0 Å². The van der Waals surface area contributed by atoms with Gasteiger partial charge in [0.15, 0.2) is 0 Å². The van der Waals surface area contributed by atoms with Gasteiger partial charge in [-0.3, -0.25) is 0 Å². The monoisotopic (exact) mass is 141 g/mol. The lowest BCUT2D eigenvalue weighted by Crippen LogP contribution is -2.36. The highest BCUT2D eigenvalue weighted by Gasteiger charge is 2.16. The molecule has 10 heavy (non-hydrogen) atoms. The first-order chi connectivity index (χ1) is 4.93. The molecule has 59 valence electrons. The van der Waals surface area contributed by atoms with E-state index in [4.69, 9.17) is 0 Å². The molecular weight excluding hydrogens is 122 g/mol. The lowest BCUT2D eigenvalue weighted by molar-refractivity contribution is 0.336. The molecule has 1 heteroatoms. The molecule has 0 bridgehead atoms. The van der Waals surface area contributed by atoms with Gasteiger partial charge < -0.3 is 0 Å². The molecule has 0 N–H and O–H groups in total. The zero-order chi connectivity index (χ0) is 7.23. The van der Waals surface area contributed by atoms with Crippen molar-refractivity contribution in [3.8, 4) is 0 Å². The third kappa shape index (κ3) is 2.70. The summed E-state index contributed by atoms with van der Waals surface area (Å²) in [5, 5.41) is 0. The zero-order valence-corrected chi connectivity index (χ0v) is 7.10. The molecule has 0 aromatic carbocycles. The summed E-state index contributed by atoms with van der Waals surface area (Å²) in [6, 6.07) is 0. The van der Waals surface area contributed by atoms with Gasteiger partial charge in [0.25, 0.3) is 0 Å². The molecule has 1 heterocycles. The fourth-order valence-electron chi connectivity index (χ4n) is 1.56. The number of hydrogen-bond donors (Lipinski definition) is 0. The van der Waals surface area contributed by atoms with Gasteiger partial charge in [-0.25, -0.2) is 0 Å². The number of rotatable bonds is 3. The largest absolute Gasteiger partial charge is 0.170 e. The maximum Gasteiger partial charge on any atom is 0.122 e. The third-order valence-corrected chi connectivity index (χ3v) is 2.28. The minimum atomic E-state index is 1.34. The Kier molecular flexibility index (Phi) is 3.81. The van der Waals surface area contributed by atoms with Crippen LogP contribution in [0, 0.1) is 0 Å². The molecule has 1 fully saturated rings. The number of unbranched alkanes of at least 4 members (excludes halogenated alkanes) is 1. The molecule has 0 aromatic rings. The lowest BCUT2D eigenvalue weighted by Gasteiger charge is -2.16. The smallest absolute Gasteiger partial charge is 0.122 e. The summed E-state index contributed by atoms with van der Waals surface area (Å²) >= 11 is 0. The van der Waals surface area contributed by atoms with E-state index >= 15 is 0 Å². The van der Waals surface area contributed by atoms with E-state index in [1.54, 1.807) is 0 Å². The van der Waals surface area contributed by atoms with Crippen LogP contribution in [-0.2, 0) is 0 Å². The highest BCUT2D eigenvalue weighted by molar-refractivity contribution is 4.68. The number of nitrogens with zero attached hydrogens (tertiary/aromatic N) is 1. The molecule has 0 unspecified atom stereocenters. The van der Waals surface area contributed by atoms with Gasteiger partial charge in [0.1, 0.15) is 19.6 Å². The summed E-state index contributed by atoms with van der Waals surface area (Å²) in [6.45, 7) is 6.33. The summed E-state index contributed by atoms with van der Waals surface area (Å²) in [5.41, 5.74) is 0. The van der Waals surface area contributed by atoms with Gasteiger partial charge in [-0.05, 0) is 6.42 Å². The fourth-order valence-corrected chi connectivity index (χ4v) is 1.56. The second-order valence-corrected chi connectivity index (χ2v) is 3.26. The summed E-state index contributed by atoms with van der Waals surface area (Å²) in [6.07, 6.45) is 7.06. The molecule has 1 rings (SSSR count). The van der Waals surface area contributed by atoms with Crippen molar-refractivity contribution in [3.05, 3.63) is 0 Å². The fraction of sp³-hybridized carbons (Fsp3) is 1.00. The van der Waals surface area contributed by atoms with Crippen LogP contribution in [-0.4, -0.2) is 19.6 Å². The highest BCUT2D eigenvalue weighted by atomic mass is 15.1. The topological polar surface area (TPSA) is 5.90 Å². The third-order valence-electron chi connectivity index (χ3n) is 2.28. The van der Waals surface area contributed by atoms with E-state index in [9.17, 15) is 0 Å². The van der Waals surface area contributed by atoms with Crippen LogP contribution in [0.3, 0.4) is 0 Å². The van der Waals surface area contributed by atoms with Crippen LogP contribution in [0.5, 0.6) is 0 Å². The molecule has 1 aliphatic rings. The second kappa shape index (κ2) is 4.73. The number of likely N-dealkylation sites (tertiary alicyclic amines) is 1. The van der Waals surface area contributed by atoms with Crippen LogP contribution >= 0.6 is 0 Å². The van der Waals surface area contributed by atoms with Crippen molar-refractivity contribution in [1.29, 1.82) is 0 Å². The maximum absolute atomic E-state index is 2.60. The molecule has 1 nitrogen and oxygen atoms in total. The normalized spacial score (nSPS) is 21.3. The summed E-state index contributed by atoms with van der Waals surface area (Å²) in [5.74, 6) is 0. The second-order valence-electron chi connectivity index (χ2n) is 3.26. The van der Waals surface area contributed by atoms with Crippen molar-refractivity contribution in [2.75, 3.05) is 19.6 Å². The molecule has 0 amide bonds. The highest BCUT2D eigenvalue weighted by Crippen LogP contribution is 2.06. The molecule has 1 saturated heterocycles. The average molecular weight is 141 g/mol. The van der Waals surface area contributed by atoms with Gasteiger partial charge in [-0.2, -0.15) is 4.90 Å². The Bertz CT molecular complexity index is 74.8. The van der Waals surface area contributed by atoms with Crippen molar-refractivity contribution < 1.29 is 0 Å². The van der Waals surface area contributed by atoms with E-state index in [1.165, 1.54) is 51.7 Å². The van der Waals surface area contributed by atoms with Crippen molar-refractivity contribution in [2.24, 2.45) is 0 Å². The first-order valence-corrected chi connectivity index (χ1v) is 4.66. The van der Waals surface area contributed by atoms with Crippen molar-refractivity contribution in [1.82, 2.24) is 4.90 Å². The first kappa shape index (κ1) is 8.06. The minimum Gasteiger partial charge on any atom is -0.170 e. The predicted molar refractivity (Wildman–Crippen MR) is 45.5 cm³/mol. The Morgan fingerprint density at radius 1 is 1.10 bits per heavy atom. The van der Waals surface area contributed by atoms with Gasteiger partial charge >= 0.3 is 0 Å². The van der Waals surface area contributed by atoms with Gasteiger partial charge in [-0.15, -0.1) is 0 Å². The molecule has 0 aromatic heterocycles. The lowest BCUT2D eigenvalue weighted by atomic mass is 10.1. The summed E-state index contributed by atoms with van der Waals surface area (Å²) in [4.78, 5) is 2.60. The van der Waals surface area contributed by atoms with Crippen LogP contribution in [0.4, 0.5) is 0 Å². The minimum absolute atomic E-state index is 1.34. The number of piperidine rings is 1. The SMILES string of the molecule is CCCC[N+]1CCCCC1. The van der Waals surface area contributed by atoms with E-state index in [0.717, 1.165) is 0 Å². The molecule has 0 aliphatic carbocycles. The molecule has 1 aliphatic heterocycles. The Labute approximate surface area is 64.4 Å². The Morgan fingerprint density at radius 3 is 2.40 bits per heavy atom. The molecular formula is C9H19N+. The van der Waals surface area contributed by atoms with Crippen molar-refractivity contribution in [2.45, 2.75) is 39.0 Å². The van der Waals surface area contributed by atoms with Crippen molar-refractivity contribution >= 4 is 0 Å². The van der Waals surface area contributed by atoms with Crippen LogP contribution in [0.2, 0.25) is 0 Å². The standard InChI is InChI=1S/C9H19N/c1-2-3-7-10-8-5-4-6-9-10/h2-9H2,1H3/q+1. The Hall–Kier alpha value is -0.0400. The van der Waals surface area contributed by atoms with Gasteiger partial charge in [0, 0.05) is 19.3 Å². The zero-order valence-electron chi connectivity index (χ0n) is 7.10. The molecule has 1 radical (unpaired) electrons. The maximum atomic E-state index is 2.60. The van der Waals surface area contributed by atoms with E-state index < -0.39 is 0 Å². The first-order valence-electron chi connectivity index (χ1n) is 4.66. The quantitative estimate of drug-likeness (QED) is 0.531. The molecule has 0 atom stereocenters. The predicted octanol–water partition coefficient (Wildman–Crippen LogP) is 2.11. The van der Waals surface area contributed by atoms with Gasteiger partial charge in [0.05, 0.1) is 0 Å². The van der Waals surface area contributed by atoms with Crippen LogP contribution < -0.4 is 4.90 Å². The molecule has 0 saturated carbocycles.